The highest BCUT2D eigenvalue weighted by Gasteiger charge is 2.22. The third kappa shape index (κ3) is 3.56. The molecular weight excluding hydrogens is 168 g/mol. The summed E-state index contributed by atoms with van der Waals surface area (Å²) in [5.74, 6) is 0.283. The number of ether oxygens (including phenoxy) is 2. The van der Waals surface area contributed by atoms with Gasteiger partial charge in [-0.05, 0) is 13.8 Å². The summed E-state index contributed by atoms with van der Waals surface area (Å²) >= 11 is 5.57. The van der Waals surface area contributed by atoms with Crippen LogP contribution in [0.1, 0.15) is 13.8 Å². The Hall–Kier alpha value is 0.427. The first-order chi connectivity index (χ1) is 4.68. The highest BCUT2D eigenvalue weighted by atomic mass is 35.5. The van der Waals surface area contributed by atoms with Crippen LogP contribution in [0.15, 0.2) is 0 Å². The maximum atomic E-state index is 5.57. The van der Waals surface area contributed by atoms with E-state index in [1.165, 1.54) is 0 Å². The lowest BCUT2D eigenvalue weighted by Crippen LogP contribution is -2.38. The number of rotatable bonds is 5. The minimum absolute atomic E-state index is 0.283. The fourth-order valence-electron chi connectivity index (χ4n) is 0.585. The van der Waals surface area contributed by atoms with Crippen molar-refractivity contribution in [1.82, 2.24) is 0 Å². The molecule has 0 aliphatic carbocycles. The molecule has 0 N–H and O–H groups in total. The predicted octanol–water partition coefficient (Wildman–Crippen LogP) is 1.12. The van der Waals surface area contributed by atoms with Crippen LogP contribution in [0.3, 0.4) is 0 Å². The summed E-state index contributed by atoms with van der Waals surface area (Å²) in [6.45, 7) is 4.94. The number of alkyl halides is 1. The smallest absolute Gasteiger partial charge is 0.157 e. The van der Waals surface area contributed by atoms with E-state index in [4.69, 9.17) is 21.1 Å². The molecule has 59 valence electrons. The first kappa shape index (κ1) is 10.4. The normalized spacial score (nSPS) is 12.0. The molecular formula is C6H12ClO2Si. The Bertz CT molecular complexity index is 83.8. The van der Waals surface area contributed by atoms with E-state index in [0.29, 0.717) is 13.2 Å². The largest absolute Gasteiger partial charge is 0.354 e. The van der Waals surface area contributed by atoms with Crippen LogP contribution in [-0.4, -0.2) is 34.7 Å². The van der Waals surface area contributed by atoms with Gasteiger partial charge in [-0.25, -0.2) is 0 Å². The van der Waals surface area contributed by atoms with Crippen molar-refractivity contribution in [1.29, 1.82) is 0 Å². The molecule has 0 rings (SSSR count). The Labute approximate surface area is 70.3 Å². The number of hydrogen-bond donors (Lipinski definition) is 0. The summed E-state index contributed by atoms with van der Waals surface area (Å²) in [5, 5.41) is 0. The molecule has 0 aromatic carbocycles. The molecule has 0 atom stereocenters. The van der Waals surface area contributed by atoms with Gasteiger partial charge in [0.1, 0.15) is 10.2 Å². The van der Waals surface area contributed by atoms with Gasteiger partial charge in [0.05, 0.1) is 5.88 Å². The van der Waals surface area contributed by atoms with Gasteiger partial charge in [0.15, 0.2) is 5.41 Å². The Morgan fingerprint density at radius 2 is 1.70 bits per heavy atom. The second-order valence-corrected chi connectivity index (χ2v) is 2.78. The zero-order valence-electron chi connectivity index (χ0n) is 6.32. The molecule has 0 saturated carbocycles. The minimum atomic E-state index is -0.787. The molecule has 0 unspecified atom stereocenters. The van der Waals surface area contributed by atoms with Gasteiger partial charge in [-0.15, -0.1) is 11.6 Å². The maximum absolute atomic E-state index is 5.57. The lowest BCUT2D eigenvalue weighted by atomic mass is 10.7. The minimum Gasteiger partial charge on any atom is -0.354 e. The quantitative estimate of drug-likeness (QED) is 0.358. The van der Waals surface area contributed by atoms with Crippen molar-refractivity contribution in [3.05, 3.63) is 0 Å². The average Bonchev–Trinajstić information content (AvgIpc) is 1.89. The Balaban J connectivity index is 3.69. The fraction of sp³-hybridized carbons (Fsp3) is 1.00. The van der Waals surface area contributed by atoms with E-state index in [9.17, 15) is 0 Å². The molecule has 4 heteroatoms. The van der Waals surface area contributed by atoms with Crippen LogP contribution in [0.4, 0.5) is 0 Å². The summed E-state index contributed by atoms with van der Waals surface area (Å²) in [6.07, 6.45) is 0. The van der Waals surface area contributed by atoms with Gasteiger partial charge >= 0.3 is 0 Å². The molecule has 0 fully saturated rings. The van der Waals surface area contributed by atoms with E-state index >= 15 is 0 Å². The van der Waals surface area contributed by atoms with Gasteiger partial charge < -0.3 is 9.47 Å². The molecule has 10 heavy (non-hydrogen) atoms. The molecule has 2 nitrogen and oxygen atoms in total. The van der Waals surface area contributed by atoms with E-state index in [0.717, 1.165) is 0 Å². The Morgan fingerprint density at radius 3 is 1.90 bits per heavy atom. The first-order valence-electron chi connectivity index (χ1n) is 3.27. The first-order valence-corrected chi connectivity index (χ1v) is 4.31. The van der Waals surface area contributed by atoms with Crippen LogP contribution in [0.2, 0.25) is 0 Å². The van der Waals surface area contributed by atoms with Crippen LogP contribution in [0.5, 0.6) is 0 Å². The van der Waals surface area contributed by atoms with Crippen molar-refractivity contribution in [2.45, 2.75) is 19.3 Å². The Morgan fingerprint density at radius 1 is 1.30 bits per heavy atom. The summed E-state index contributed by atoms with van der Waals surface area (Å²) in [7, 11) is 3.28. The van der Waals surface area contributed by atoms with Gasteiger partial charge in [-0.2, -0.15) is 0 Å². The summed E-state index contributed by atoms with van der Waals surface area (Å²) < 4.78 is 10.4. The average molecular weight is 180 g/mol. The molecule has 0 saturated heterocycles. The zero-order valence-corrected chi connectivity index (χ0v) is 8.07. The van der Waals surface area contributed by atoms with Crippen molar-refractivity contribution in [3.8, 4) is 0 Å². The zero-order chi connectivity index (χ0) is 8.04. The fourth-order valence-corrected chi connectivity index (χ4v) is 1.03. The van der Waals surface area contributed by atoms with Crippen LogP contribution in [-0.2, 0) is 9.47 Å². The van der Waals surface area contributed by atoms with Crippen molar-refractivity contribution in [2.75, 3.05) is 19.1 Å². The maximum Gasteiger partial charge on any atom is 0.157 e. The highest BCUT2D eigenvalue weighted by molar-refractivity contribution is 6.25. The second kappa shape index (κ2) is 5.13. The second-order valence-electron chi connectivity index (χ2n) is 1.75. The van der Waals surface area contributed by atoms with Crippen molar-refractivity contribution >= 4 is 21.8 Å². The highest BCUT2D eigenvalue weighted by Crippen LogP contribution is 2.09. The standard InChI is InChI=1S/C6H12ClO2Si/c1-3-8-6(10,5-7)9-4-2/h3-5H2,1-2H3. The molecule has 0 aromatic rings. The number of hydrogen-bond acceptors (Lipinski definition) is 2. The van der Waals surface area contributed by atoms with E-state index in [-0.39, 0.29) is 5.88 Å². The summed E-state index contributed by atoms with van der Waals surface area (Å²) in [4.78, 5) is 0. The molecule has 0 aliphatic heterocycles. The monoisotopic (exact) mass is 179 g/mol. The third-order valence-electron chi connectivity index (χ3n) is 0.931. The van der Waals surface area contributed by atoms with Crippen LogP contribution in [0.25, 0.3) is 0 Å². The van der Waals surface area contributed by atoms with Crippen molar-refractivity contribution < 1.29 is 9.47 Å². The number of halogens is 1. The molecule has 0 amide bonds. The van der Waals surface area contributed by atoms with Crippen molar-refractivity contribution in [3.63, 3.8) is 0 Å². The van der Waals surface area contributed by atoms with Gasteiger partial charge in [-0.1, -0.05) is 0 Å². The third-order valence-corrected chi connectivity index (χ3v) is 1.97. The van der Waals surface area contributed by atoms with Gasteiger partial charge in [0.2, 0.25) is 0 Å². The van der Waals surface area contributed by atoms with E-state index in [2.05, 4.69) is 10.2 Å². The van der Waals surface area contributed by atoms with Crippen LogP contribution < -0.4 is 0 Å². The molecule has 3 radical (unpaired) electrons. The van der Waals surface area contributed by atoms with Crippen LogP contribution >= 0.6 is 11.6 Å². The predicted molar refractivity (Wildman–Crippen MR) is 42.5 cm³/mol. The Kier molecular flexibility index (Phi) is 5.35. The summed E-state index contributed by atoms with van der Waals surface area (Å²) in [6, 6.07) is 0. The van der Waals surface area contributed by atoms with E-state index < -0.39 is 5.41 Å². The van der Waals surface area contributed by atoms with E-state index in [1.807, 2.05) is 13.8 Å². The molecule has 0 heterocycles. The lowest BCUT2D eigenvalue weighted by Gasteiger charge is -2.26. The van der Waals surface area contributed by atoms with Gasteiger partial charge in [0, 0.05) is 13.2 Å². The molecule has 0 bridgehead atoms. The topological polar surface area (TPSA) is 18.5 Å². The molecule has 0 aromatic heterocycles. The summed E-state index contributed by atoms with van der Waals surface area (Å²) in [5.41, 5.74) is -0.787. The van der Waals surface area contributed by atoms with Gasteiger partial charge in [-0.3, -0.25) is 0 Å². The van der Waals surface area contributed by atoms with Crippen LogP contribution in [0, 0.1) is 0 Å². The SMILES string of the molecule is CCOC([Si])(CCl)OCC. The molecule has 0 spiro atoms. The van der Waals surface area contributed by atoms with Gasteiger partial charge in [0.25, 0.3) is 0 Å². The van der Waals surface area contributed by atoms with E-state index in [1.54, 1.807) is 0 Å². The molecule has 0 aliphatic rings. The van der Waals surface area contributed by atoms with Crippen molar-refractivity contribution in [2.24, 2.45) is 0 Å². The lowest BCUT2D eigenvalue weighted by molar-refractivity contribution is -0.157.